The van der Waals surface area contributed by atoms with E-state index in [1.54, 1.807) is 0 Å². The molecular weight excluding hydrogens is 509 g/mol. The van der Waals surface area contributed by atoms with Crippen LogP contribution in [-0.2, 0) is 16.0 Å². The monoisotopic (exact) mass is 543 g/mol. The predicted molar refractivity (Wildman–Crippen MR) is 149 cm³/mol. The number of hydrogen-bond donors (Lipinski definition) is 0. The van der Waals surface area contributed by atoms with Gasteiger partial charge >= 0.3 is 5.97 Å². The third-order valence-corrected chi connectivity index (χ3v) is 7.74. The van der Waals surface area contributed by atoms with Crippen LogP contribution in [0.5, 0.6) is 17.2 Å². The van der Waals surface area contributed by atoms with Crippen LogP contribution in [0.4, 0.5) is 4.39 Å². The lowest BCUT2D eigenvalue weighted by molar-refractivity contribution is -0.141. The molecule has 0 amide bonds. The highest BCUT2D eigenvalue weighted by Gasteiger charge is 2.32. The minimum atomic E-state index is -0.580. The van der Waals surface area contributed by atoms with Crippen LogP contribution in [0.3, 0.4) is 0 Å². The van der Waals surface area contributed by atoms with E-state index in [4.69, 9.17) is 18.9 Å². The molecule has 208 valence electrons. The molecule has 40 heavy (non-hydrogen) atoms. The lowest BCUT2D eigenvalue weighted by atomic mass is 9.90. The molecular formula is C33H34FNO5. The first kappa shape index (κ1) is 27.5. The standard InChI is InChI=1S/C33H34FNO5/c1-19-12-23(39-18-33(3,4)17-35)13-20(2)31(19)25-8-10-27(34)32-26(25)9-11-28(32)40-22-6-7-24-21(14-30(36)37-5)16-38-29(24)15-22/h6-8,10,12-13,15,21,28H,9,11,14,16,18H2,1-5H3/t21?,28-/m1/s1. The molecule has 2 atom stereocenters. The number of hydrogen-bond acceptors (Lipinski definition) is 6. The van der Waals surface area contributed by atoms with Crippen molar-refractivity contribution in [2.24, 2.45) is 5.41 Å². The first-order chi connectivity index (χ1) is 19.1. The van der Waals surface area contributed by atoms with E-state index < -0.39 is 11.5 Å². The van der Waals surface area contributed by atoms with Crippen molar-refractivity contribution in [2.75, 3.05) is 20.3 Å². The van der Waals surface area contributed by atoms with Gasteiger partial charge in [0.15, 0.2) is 0 Å². The molecule has 7 heteroatoms. The highest BCUT2D eigenvalue weighted by molar-refractivity contribution is 5.76. The minimum Gasteiger partial charge on any atom is -0.492 e. The van der Waals surface area contributed by atoms with Gasteiger partial charge in [-0.15, -0.1) is 0 Å². The number of rotatable bonds is 8. The third kappa shape index (κ3) is 5.36. The number of aryl methyl sites for hydroxylation is 2. The summed E-state index contributed by atoms with van der Waals surface area (Å²) in [5.41, 5.74) is 6.05. The Morgan fingerprint density at radius 2 is 1.88 bits per heavy atom. The fraction of sp³-hybridized carbons (Fsp3) is 0.394. The maximum Gasteiger partial charge on any atom is 0.306 e. The summed E-state index contributed by atoms with van der Waals surface area (Å²) in [5, 5.41) is 9.30. The Morgan fingerprint density at radius 3 is 2.58 bits per heavy atom. The van der Waals surface area contributed by atoms with Gasteiger partial charge in [-0.05, 0) is 92.6 Å². The molecule has 1 unspecified atom stereocenters. The molecule has 5 rings (SSSR count). The maximum atomic E-state index is 15.3. The van der Waals surface area contributed by atoms with E-state index in [9.17, 15) is 10.1 Å². The summed E-state index contributed by atoms with van der Waals surface area (Å²) >= 11 is 0. The van der Waals surface area contributed by atoms with E-state index in [0.29, 0.717) is 43.1 Å². The average Bonchev–Trinajstić information content (AvgIpc) is 3.53. The molecule has 0 spiro atoms. The van der Waals surface area contributed by atoms with Crippen molar-refractivity contribution in [1.82, 2.24) is 0 Å². The predicted octanol–water partition coefficient (Wildman–Crippen LogP) is 7.14. The van der Waals surface area contributed by atoms with Gasteiger partial charge in [0.25, 0.3) is 0 Å². The summed E-state index contributed by atoms with van der Waals surface area (Å²) in [7, 11) is 1.38. The molecule has 3 aromatic carbocycles. The largest absolute Gasteiger partial charge is 0.492 e. The van der Waals surface area contributed by atoms with Gasteiger partial charge in [0.2, 0.25) is 0 Å². The second kappa shape index (κ2) is 10.8. The lowest BCUT2D eigenvalue weighted by Crippen LogP contribution is -2.19. The Kier molecular flexibility index (Phi) is 7.46. The van der Waals surface area contributed by atoms with Crippen LogP contribution >= 0.6 is 0 Å². The number of carbonyl (C=O) groups is 1. The van der Waals surface area contributed by atoms with Crippen molar-refractivity contribution in [3.8, 4) is 34.4 Å². The van der Waals surface area contributed by atoms with E-state index in [1.165, 1.54) is 13.2 Å². The summed E-state index contributed by atoms with van der Waals surface area (Å²) < 4.78 is 38.2. The summed E-state index contributed by atoms with van der Waals surface area (Å²) in [6.07, 6.45) is 1.20. The highest BCUT2D eigenvalue weighted by atomic mass is 19.1. The number of methoxy groups -OCH3 is 1. The number of halogens is 1. The van der Waals surface area contributed by atoms with Crippen LogP contribution < -0.4 is 14.2 Å². The van der Waals surface area contributed by atoms with Gasteiger partial charge in [-0.2, -0.15) is 5.26 Å². The SMILES string of the molecule is COC(=O)CC1COc2cc(O[C@@H]3CCc4c(-c5c(C)cc(OCC(C)(C)C#N)cc5C)ccc(F)c43)ccc21. The number of ether oxygens (including phenoxy) is 4. The van der Waals surface area contributed by atoms with E-state index >= 15 is 4.39 Å². The van der Waals surface area contributed by atoms with Crippen molar-refractivity contribution in [1.29, 1.82) is 5.26 Å². The molecule has 0 saturated heterocycles. The number of benzene rings is 3. The van der Waals surface area contributed by atoms with Gasteiger partial charge in [-0.1, -0.05) is 12.1 Å². The van der Waals surface area contributed by atoms with Crippen molar-refractivity contribution >= 4 is 5.97 Å². The molecule has 1 aliphatic heterocycles. The van der Waals surface area contributed by atoms with Gasteiger partial charge in [0.1, 0.15) is 35.8 Å². The first-order valence-corrected chi connectivity index (χ1v) is 13.6. The van der Waals surface area contributed by atoms with Crippen LogP contribution in [0.15, 0.2) is 42.5 Å². The fourth-order valence-electron chi connectivity index (χ4n) is 5.70. The zero-order valence-corrected chi connectivity index (χ0v) is 23.6. The van der Waals surface area contributed by atoms with Crippen LogP contribution in [-0.4, -0.2) is 26.3 Å². The summed E-state index contributed by atoms with van der Waals surface area (Å²) in [5.74, 6) is 1.41. The Morgan fingerprint density at radius 1 is 1.12 bits per heavy atom. The summed E-state index contributed by atoms with van der Waals surface area (Å²) in [6, 6.07) is 15.2. The number of nitrogens with zero attached hydrogens (tertiary/aromatic N) is 1. The van der Waals surface area contributed by atoms with Crippen molar-refractivity contribution in [3.63, 3.8) is 0 Å². The number of nitriles is 1. The zero-order valence-electron chi connectivity index (χ0n) is 23.6. The van der Waals surface area contributed by atoms with Gasteiger partial charge in [-0.3, -0.25) is 4.79 Å². The van der Waals surface area contributed by atoms with Gasteiger partial charge in [0.05, 0.1) is 31.6 Å². The van der Waals surface area contributed by atoms with Crippen molar-refractivity contribution in [3.05, 3.63) is 76.1 Å². The fourth-order valence-corrected chi connectivity index (χ4v) is 5.70. The summed E-state index contributed by atoms with van der Waals surface area (Å²) in [4.78, 5) is 11.7. The molecule has 0 N–H and O–H groups in total. The van der Waals surface area contributed by atoms with E-state index in [0.717, 1.165) is 39.1 Å². The van der Waals surface area contributed by atoms with Crippen LogP contribution in [0.2, 0.25) is 0 Å². The summed E-state index contributed by atoms with van der Waals surface area (Å²) in [6.45, 7) is 8.46. The quantitative estimate of drug-likeness (QED) is 0.281. The highest BCUT2D eigenvalue weighted by Crippen LogP contribution is 2.45. The topological polar surface area (TPSA) is 77.8 Å². The zero-order chi connectivity index (χ0) is 28.6. The van der Waals surface area contributed by atoms with Crippen LogP contribution in [0.1, 0.15) is 66.5 Å². The number of esters is 1. The van der Waals surface area contributed by atoms with Gasteiger partial charge < -0.3 is 18.9 Å². The van der Waals surface area contributed by atoms with Gasteiger partial charge in [0, 0.05) is 23.1 Å². The molecule has 0 saturated carbocycles. The Labute approximate surface area is 234 Å². The molecule has 6 nitrogen and oxygen atoms in total. The molecule has 0 aromatic heterocycles. The second-order valence-corrected chi connectivity index (χ2v) is 11.3. The first-order valence-electron chi connectivity index (χ1n) is 13.6. The average molecular weight is 544 g/mol. The van der Waals surface area contributed by atoms with E-state index in [1.807, 2.05) is 64.1 Å². The Balaban J connectivity index is 1.39. The smallest absolute Gasteiger partial charge is 0.306 e. The third-order valence-electron chi connectivity index (χ3n) is 7.74. The van der Waals surface area contributed by atoms with E-state index in [-0.39, 0.29) is 24.1 Å². The van der Waals surface area contributed by atoms with Crippen LogP contribution in [0, 0.1) is 36.4 Å². The van der Waals surface area contributed by atoms with Crippen molar-refractivity contribution in [2.45, 2.75) is 59.0 Å². The van der Waals surface area contributed by atoms with E-state index in [2.05, 4.69) is 6.07 Å². The number of carbonyl (C=O) groups excluding carboxylic acids is 1. The molecule has 0 bridgehead atoms. The Bertz CT molecular complexity index is 1480. The lowest BCUT2D eigenvalue weighted by Gasteiger charge is -2.20. The minimum absolute atomic E-state index is 0.0511. The molecule has 3 aromatic rings. The molecule has 0 radical (unpaired) electrons. The number of fused-ring (bicyclic) bond motifs is 2. The molecule has 1 aliphatic carbocycles. The second-order valence-electron chi connectivity index (χ2n) is 11.3. The maximum absolute atomic E-state index is 15.3. The van der Waals surface area contributed by atoms with Crippen molar-refractivity contribution < 1.29 is 28.1 Å². The van der Waals surface area contributed by atoms with Gasteiger partial charge in [-0.25, -0.2) is 4.39 Å². The van der Waals surface area contributed by atoms with Crippen LogP contribution in [0.25, 0.3) is 11.1 Å². The normalized spacial score (nSPS) is 17.4. The Hall–Kier alpha value is -4.05. The molecule has 2 aliphatic rings. The molecule has 1 heterocycles. The molecule has 0 fully saturated rings.